The number of carbonyl (C=O) groups excluding carboxylic acids is 1. The minimum Gasteiger partial charge on any atom is -0.520 e. The van der Waals surface area contributed by atoms with Crippen LogP contribution in [0.15, 0.2) is 24.4 Å². The second-order valence-electron chi connectivity index (χ2n) is 7.98. The molecule has 2 rings (SSSR count). The van der Waals surface area contributed by atoms with Gasteiger partial charge in [0.25, 0.3) is 5.97 Å². The first-order valence-corrected chi connectivity index (χ1v) is 14.7. The number of benzene rings is 1. The quantitative estimate of drug-likeness (QED) is 0.768. The monoisotopic (exact) mass is 333 g/mol. The van der Waals surface area contributed by atoms with E-state index in [0.717, 1.165) is 5.56 Å². The number of hydrogen-bond acceptors (Lipinski definition) is 2. The predicted molar refractivity (Wildman–Crippen MR) is 98.6 cm³/mol. The highest BCUT2D eigenvalue weighted by Gasteiger charge is 2.24. The van der Waals surface area contributed by atoms with Gasteiger partial charge in [-0.3, -0.25) is 4.79 Å². The molecule has 0 unspecified atom stereocenters. The lowest BCUT2D eigenvalue weighted by Crippen LogP contribution is -2.31. The summed E-state index contributed by atoms with van der Waals surface area (Å²) in [5.41, 5.74) is 3.55. The normalized spacial score (nSPS) is 12.7. The highest BCUT2D eigenvalue weighted by molar-refractivity contribution is 6.75. The van der Waals surface area contributed by atoms with Gasteiger partial charge in [-0.25, -0.2) is 0 Å². The van der Waals surface area contributed by atoms with Crippen molar-refractivity contribution >= 4 is 33.4 Å². The third-order valence-electron chi connectivity index (χ3n) is 3.52. The number of hydrogen-bond donors (Lipinski definition) is 0. The Kier molecular flexibility index (Phi) is 4.41. The molecule has 120 valence electrons. The van der Waals surface area contributed by atoms with E-state index in [2.05, 4.69) is 55.2 Å². The van der Waals surface area contributed by atoms with E-state index in [4.69, 9.17) is 4.43 Å². The summed E-state index contributed by atoms with van der Waals surface area (Å²) in [6.45, 7) is 15.2. The van der Waals surface area contributed by atoms with Crippen LogP contribution < -0.4 is 0 Å². The number of aromatic nitrogens is 1. The maximum Gasteiger partial charge on any atom is 0.297 e. The number of nitrogens with zero attached hydrogens (tertiary/aromatic N) is 1. The van der Waals surface area contributed by atoms with Crippen LogP contribution in [0, 0.1) is 6.92 Å². The van der Waals surface area contributed by atoms with Crippen LogP contribution in [0.5, 0.6) is 0 Å². The maximum atomic E-state index is 12.2. The van der Waals surface area contributed by atoms with Crippen molar-refractivity contribution in [1.82, 2.24) is 4.23 Å². The van der Waals surface area contributed by atoms with E-state index in [1.165, 1.54) is 16.5 Å². The number of rotatable bonds is 4. The first-order chi connectivity index (χ1) is 9.97. The van der Waals surface area contributed by atoms with Gasteiger partial charge in [0.2, 0.25) is 8.32 Å². The molecule has 0 radical (unpaired) electrons. The predicted octanol–water partition coefficient (Wildman–Crippen LogP) is 4.55. The van der Waals surface area contributed by atoms with Gasteiger partial charge in [0.1, 0.15) is 0 Å². The molecule has 0 amide bonds. The molecular weight excluding hydrogens is 306 g/mol. The van der Waals surface area contributed by atoms with Gasteiger partial charge in [-0.1, -0.05) is 31.3 Å². The minimum absolute atomic E-state index is 0.102. The van der Waals surface area contributed by atoms with E-state index < -0.39 is 16.6 Å². The molecular formula is C17H27NO2Si2. The Labute approximate surface area is 135 Å². The summed E-state index contributed by atoms with van der Waals surface area (Å²) in [7, 11) is -3.35. The molecule has 5 heteroatoms. The molecule has 0 spiro atoms. The molecule has 0 N–H and O–H groups in total. The molecule has 0 atom stereocenters. The Bertz CT molecular complexity index is 706. The van der Waals surface area contributed by atoms with Crippen molar-refractivity contribution in [2.45, 2.75) is 52.6 Å². The molecule has 1 aromatic carbocycles. The Balaban J connectivity index is 2.45. The third-order valence-corrected chi connectivity index (χ3v) is 6.18. The summed E-state index contributed by atoms with van der Waals surface area (Å²) in [6, 6.07) is 6.50. The molecule has 0 aliphatic carbocycles. The Morgan fingerprint density at radius 2 is 1.77 bits per heavy atom. The Hall–Kier alpha value is -1.34. The summed E-state index contributed by atoms with van der Waals surface area (Å²) < 4.78 is 8.01. The zero-order valence-corrected chi connectivity index (χ0v) is 16.8. The number of fused-ring (bicyclic) bond motifs is 1. The van der Waals surface area contributed by atoms with Crippen LogP contribution in [-0.4, -0.2) is 26.8 Å². The van der Waals surface area contributed by atoms with Crippen molar-refractivity contribution in [3.05, 3.63) is 35.5 Å². The van der Waals surface area contributed by atoms with Crippen LogP contribution in [0.25, 0.3) is 10.9 Å². The maximum absolute atomic E-state index is 12.2. The standard InChI is InChI=1S/C17H27NO2Si2/c1-13-8-9-16-15(10-13)14(12-18(16)21(2,3)4)11-17(19)20-22(5,6)7/h8-10,12H,11H2,1-7H3. The molecule has 2 aromatic rings. The fourth-order valence-corrected chi connectivity index (χ4v) is 4.86. The highest BCUT2D eigenvalue weighted by atomic mass is 28.4. The molecule has 1 aromatic heterocycles. The SMILES string of the molecule is Cc1ccc2c(c1)c(CC(=O)O[Si](C)(C)C)cn2[Si](C)(C)C. The average molecular weight is 334 g/mol. The molecule has 0 saturated carbocycles. The van der Waals surface area contributed by atoms with Crippen LogP contribution in [0.2, 0.25) is 39.3 Å². The van der Waals surface area contributed by atoms with E-state index in [0.29, 0.717) is 6.42 Å². The van der Waals surface area contributed by atoms with Crippen LogP contribution in [-0.2, 0) is 15.6 Å². The van der Waals surface area contributed by atoms with Crippen molar-refractivity contribution in [1.29, 1.82) is 0 Å². The fourth-order valence-electron chi connectivity index (χ4n) is 2.64. The van der Waals surface area contributed by atoms with Crippen molar-refractivity contribution in [2.24, 2.45) is 0 Å². The van der Waals surface area contributed by atoms with Gasteiger partial charge in [-0.15, -0.1) is 0 Å². The van der Waals surface area contributed by atoms with Crippen LogP contribution in [0.1, 0.15) is 11.1 Å². The van der Waals surface area contributed by atoms with Gasteiger partial charge in [-0.05, 0) is 50.5 Å². The van der Waals surface area contributed by atoms with E-state index in [-0.39, 0.29) is 5.97 Å². The fraction of sp³-hybridized carbons (Fsp3) is 0.471. The Morgan fingerprint density at radius 3 is 2.32 bits per heavy atom. The molecule has 0 bridgehead atoms. The van der Waals surface area contributed by atoms with Crippen LogP contribution in [0.4, 0.5) is 0 Å². The van der Waals surface area contributed by atoms with E-state index in [9.17, 15) is 4.79 Å². The first-order valence-electron chi connectivity index (χ1n) is 7.80. The van der Waals surface area contributed by atoms with E-state index >= 15 is 0 Å². The van der Waals surface area contributed by atoms with E-state index in [1.54, 1.807) is 0 Å². The van der Waals surface area contributed by atoms with Gasteiger partial charge in [0, 0.05) is 10.9 Å². The molecule has 3 nitrogen and oxygen atoms in total. The first kappa shape index (κ1) is 17.0. The van der Waals surface area contributed by atoms with Gasteiger partial charge in [-0.2, -0.15) is 0 Å². The third kappa shape index (κ3) is 3.90. The zero-order valence-electron chi connectivity index (χ0n) is 14.8. The second kappa shape index (κ2) is 5.70. The average Bonchev–Trinajstić information content (AvgIpc) is 2.64. The van der Waals surface area contributed by atoms with Crippen molar-refractivity contribution in [2.75, 3.05) is 0 Å². The van der Waals surface area contributed by atoms with Crippen molar-refractivity contribution < 1.29 is 9.22 Å². The topological polar surface area (TPSA) is 31.2 Å². The largest absolute Gasteiger partial charge is 0.520 e. The lowest BCUT2D eigenvalue weighted by molar-refractivity contribution is -0.134. The molecule has 0 aliphatic rings. The number of aryl methyl sites for hydroxylation is 1. The smallest absolute Gasteiger partial charge is 0.297 e. The van der Waals surface area contributed by atoms with Crippen molar-refractivity contribution in [3.63, 3.8) is 0 Å². The summed E-state index contributed by atoms with van der Waals surface area (Å²) in [6.07, 6.45) is 2.53. The van der Waals surface area contributed by atoms with E-state index in [1.807, 2.05) is 19.6 Å². The summed E-state index contributed by atoms with van der Waals surface area (Å²) >= 11 is 0. The van der Waals surface area contributed by atoms with Crippen molar-refractivity contribution in [3.8, 4) is 0 Å². The van der Waals surface area contributed by atoms with Crippen LogP contribution in [0.3, 0.4) is 0 Å². The summed E-state index contributed by atoms with van der Waals surface area (Å²) in [5, 5.41) is 1.19. The lowest BCUT2D eigenvalue weighted by atomic mass is 10.1. The number of carbonyl (C=O) groups is 1. The minimum atomic E-state index is -1.83. The summed E-state index contributed by atoms with van der Waals surface area (Å²) in [5.74, 6) is -0.102. The van der Waals surface area contributed by atoms with Gasteiger partial charge in [0.15, 0.2) is 8.24 Å². The van der Waals surface area contributed by atoms with Gasteiger partial charge in [0.05, 0.1) is 6.42 Å². The van der Waals surface area contributed by atoms with Gasteiger partial charge < -0.3 is 8.66 Å². The van der Waals surface area contributed by atoms with Crippen LogP contribution >= 0.6 is 0 Å². The summed E-state index contributed by atoms with van der Waals surface area (Å²) in [4.78, 5) is 12.2. The zero-order chi connectivity index (χ0) is 16.7. The Morgan fingerprint density at radius 1 is 1.14 bits per heavy atom. The molecule has 0 saturated heterocycles. The molecule has 1 heterocycles. The second-order valence-corrected chi connectivity index (χ2v) is 17.2. The van der Waals surface area contributed by atoms with Gasteiger partial charge >= 0.3 is 0 Å². The molecule has 0 aliphatic heterocycles. The molecule has 22 heavy (non-hydrogen) atoms. The lowest BCUT2D eigenvalue weighted by Gasteiger charge is -2.20. The molecule has 0 fully saturated rings. The highest BCUT2D eigenvalue weighted by Crippen LogP contribution is 2.27.